The quantitative estimate of drug-likeness (QED) is 0.878. The molecule has 19 heavy (non-hydrogen) atoms. The highest BCUT2D eigenvalue weighted by atomic mass is 16.4. The average Bonchev–Trinajstić information content (AvgIpc) is 2.34. The summed E-state index contributed by atoms with van der Waals surface area (Å²) in [5.41, 5.74) is 3.97. The van der Waals surface area contributed by atoms with Gasteiger partial charge >= 0.3 is 5.97 Å². The first-order valence-corrected chi connectivity index (χ1v) is 6.16. The third-order valence-corrected chi connectivity index (χ3v) is 3.78. The lowest BCUT2D eigenvalue weighted by molar-refractivity contribution is -0.139. The Morgan fingerprint density at radius 1 is 1.21 bits per heavy atom. The van der Waals surface area contributed by atoms with Gasteiger partial charge in [-0.3, -0.25) is 9.59 Å². The molecule has 1 atom stereocenters. The molecule has 1 N–H and O–H groups in total. The largest absolute Gasteiger partial charge is 0.481 e. The minimum Gasteiger partial charge on any atom is -0.481 e. The number of carboxylic acid groups (broad SMARTS) is 1. The van der Waals surface area contributed by atoms with Gasteiger partial charge in [0.2, 0.25) is 5.91 Å². The summed E-state index contributed by atoms with van der Waals surface area (Å²) in [4.78, 5) is 26.5. The lowest BCUT2D eigenvalue weighted by Gasteiger charge is -2.39. The molecule has 1 aromatic carbocycles. The fraction of sp³-hybridized carbons (Fsp3) is 0.429. The zero-order valence-corrected chi connectivity index (χ0v) is 11.6. The van der Waals surface area contributed by atoms with E-state index in [1.807, 2.05) is 26.0 Å². The highest BCUT2D eigenvalue weighted by molar-refractivity contribution is 6.06. The fourth-order valence-corrected chi connectivity index (χ4v) is 2.40. The van der Waals surface area contributed by atoms with Crippen LogP contribution in [-0.2, 0) is 9.59 Å². The number of benzene rings is 1. The first kappa shape index (κ1) is 13.4. The SMILES string of the molecule is Cc1cc2c(cc1C)N(C)C(CC(=O)O)C(=O)N2C. The fourth-order valence-electron chi connectivity index (χ4n) is 2.40. The van der Waals surface area contributed by atoms with Crippen LogP contribution >= 0.6 is 0 Å². The number of aliphatic carboxylic acids is 1. The van der Waals surface area contributed by atoms with Gasteiger partial charge in [-0.1, -0.05) is 0 Å². The van der Waals surface area contributed by atoms with Crippen LogP contribution in [0.1, 0.15) is 17.5 Å². The van der Waals surface area contributed by atoms with Gasteiger partial charge in [-0.2, -0.15) is 0 Å². The van der Waals surface area contributed by atoms with Crippen molar-refractivity contribution in [2.45, 2.75) is 26.3 Å². The molecule has 5 nitrogen and oxygen atoms in total. The van der Waals surface area contributed by atoms with Crippen molar-refractivity contribution in [3.8, 4) is 0 Å². The van der Waals surface area contributed by atoms with Crippen LogP contribution in [0.3, 0.4) is 0 Å². The molecule has 0 aliphatic carbocycles. The van der Waals surface area contributed by atoms with Crippen molar-refractivity contribution >= 4 is 23.3 Å². The Morgan fingerprint density at radius 2 is 1.74 bits per heavy atom. The predicted octanol–water partition coefficient (Wildman–Crippen LogP) is 1.56. The van der Waals surface area contributed by atoms with E-state index in [0.717, 1.165) is 22.5 Å². The first-order chi connectivity index (χ1) is 8.82. The van der Waals surface area contributed by atoms with E-state index in [2.05, 4.69) is 0 Å². The molecular weight excluding hydrogens is 244 g/mol. The monoisotopic (exact) mass is 262 g/mol. The highest BCUT2D eigenvalue weighted by Crippen LogP contribution is 2.37. The molecule has 1 aliphatic rings. The van der Waals surface area contributed by atoms with Gasteiger partial charge < -0.3 is 14.9 Å². The second-order valence-corrected chi connectivity index (χ2v) is 5.05. The average molecular weight is 262 g/mol. The number of fused-ring (bicyclic) bond motifs is 1. The number of carboxylic acids is 1. The Morgan fingerprint density at radius 3 is 2.26 bits per heavy atom. The minimum absolute atomic E-state index is 0.180. The molecule has 0 fully saturated rings. The van der Waals surface area contributed by atoms with Crippen LogP contribution in [0.15, 0.2) is 12.1 Å². The Balaban J connectivity index is 2.52. The molecule has 1 aromatic rings. The van der Waals surface area contributed by atoms with Gasteiger partial charge in [-0.05, 0) is 37.1 Å². The van der Waals surface area contributed by atoms with Gasteiger partial charge in [0.1, 0.15) is 6.04 Å². The Kier molecular flexibility index (Phi) is 3.22. The molecule has 0 saturated heterocycles. The van der Waals surface area contributed by atoms with Crippen molar-refractivity contribution in [3.63, 3.8) is 0 Å². The standard InChI is InChI=1S/C14H18N2O3/c1-8-5-10-11(6-9(8)2)16(4)14(19)12(15(10)3)7-13(17)18/h5-6,12H,7H2,1-4H3,(H,17,18). The Bertz CT molecular complexity index is 554. The van der Waals surface area contributed by atoms with Crippen molar-refractivity contribution in [3.05, 3.63) is 23.3 Å². The summed E-state index contributed by atoms with van der Waals surface area (Å²) in [6, 6.07) is 3.33. The number of hydrogen-bond acceptors (Lipinski definition) is 3. The second kappa shape index (κ2) is 4.57. The number of carbonyl (C=O) groups is 2. The zero-order valence-electron chi connectivity index (χ0n) is 11.6. The Hall–Kier alpha value is -2.04. The third kappa shape index (κ3) is 2.16. The van der Waals surface area contributed by atoms with E-state index < -0.39 is 12.0 Å². The van der Waals surface area contributed by atoms with E-state index >= 15 is 0 Å². The summed E-state index contributed by atoms with van der Waals surface area (Å²) in [5, 5.41) is 8.94. The molecule has 1 amide bonds. The normalized spacial score (nSPS) is 18.5. The van der Waals surface area contributed by atoms with E-state index in [9.17, 15) is 9.59 Å². The van der Waals surface area contributed by atoms with Crippen molar-refractivity contribution < 1.29 is 14.7 Å². The third-order valence-electron chi connectivity index (χ3n) is 3.78. The van der Waals surface area contributed by atoms with Crippen LogP contribution in [0, 0.1) is 13.8 Å². The summed E-state index contributed by atoms with van der Waals surface area (Å²) in [5.74, 6) is -1.15. The van der Waals surface area contributed by atoms with Crippen molar-refractivity contribution in [2.75, 3.05) is 23.9 Å². The van der Waals surface area contributed by atoms with Crippen LogP contribution in [0.4, 0.5) is 11.4 Å². The number of carbonyl (C=O) groups excluding carboxylic acids is 1. The predicted molar refractivity (Wildman–Crippen MR) is 73.8 cm³/mol. The van der Waals surface area contributed by atoms with Gasteiger partial charge in [0.15, 0.2) is 0 Å². The van der Waals surface area contributed by atoms with E-state index in [4.69, 9.17) is 5.11 Å². The van der Waals surface area contributed by atoms with Crippen LogP contribution < -0.4 is 9.80 Å². The number of amides is 1. The van der Waals surface area contributed by atoms with E-state index in [-0.39, 0.29) is 12.3 Å². The van der Waals surface area contributed by atoms with E-state index in [1.54, 1.807) is 23.9 Å². The summed E-state index contributed by atoms with van der Waals surface area (Å²) in [6.45, 7) is 4.00. The summed E-state index contributed by atoms with van der Waals surface area (Å²) in [7, 11) is 3.46. The molecule has 1 heterocycles. The summed E-state index contributed by atoms with van der Waals surface area (Å²) < 4.78 is 0. The molecule has 0 aromatic heterocycles. The zero-order chi connectivity index (χ0) is 14.3. The molecule has 0 bridgehead atoms. The molecule has 1 unspecified atom stereocenters. The van der Waals surface area contributed by atoms with Crippen LogP contribution in [0.2, 0.25) is 0 Å². The summed E-state index contributed by atoms with van der Waals surface area (Å²) in [6.07, 6.45) is -0.188. The number of aryl methyl sites for hydroxylation is 2. The molecule has 2 rings (SSSR count). The number of nitrogens with zero attached hydrogens (tertiary/aromatic N) is 2. The molecule has 5 heteroatoms. The topological polar surface area (TPSA) is 60.9 Å². The van der Waals surface area contributed by atoms with Gasteiger partial charge in [0, 0.05) is 14.1 Å². The molecular formula is C14H18N2O3. The minimum atomic E-state index is -0.967. The van der Waals surface area contributed by atoms with Crippen LogP contribution in [-0.4, -0.2) is 37.1 Å². The van der Waals surface area contributed by atoms with Crippen molar-refractivity contribution in [1.29, 1.82) is 0 Å². The van der Waals surface area contributed by atoms with Crippen LogP contribution in [0.5, 0.6) is 0 Å². The Labute approximate surface area is 112 Å². The first-order valence-electron chi connectivity index (χ1n) is 6.16. The molecule has 0 saturated carbocycles. The lowest BCUT2D eigenvalue weighted by Crippen LogP contribution is -2.51. The summed E-state index contributed by atoms with van der Waals surface area (Å²) >= 11 is 0. The maximum Gasteiger partial charge on any atom is 0.305 e. The van der Waals surface area contributed by atoms with Crippen molar-refractivity contribution in [2.24, 2.45) is 0 Å². The van der Waals surface area contributed by atoms with Crippen LogP contribution in [0.25, 0.3) is 0 Å². The maximum atomic E-state index is 12.3. The lowest BCUT2D eigenvalue weighted by atomic mass is 10.0. The van der Waals surface area contributed by atoms with Gasteiger partial charge in [0.25, 0.3) is 0 Å². The smallest absolute Gasteiger partial charge is 0.305 e. The number of anilines is 2. The van der Waals surface area contributed by atoms with Crippen molar-refractivity contribution in [1.82, 2.24) is 0 Å². The number of likely N-dealkylation sites (N-methyl/N-ethyl adjacent to an activating group) is 2. The van der Waals surface area contributed by atoms with Gasteiger partial charge in [-0.25, -0.2) is 0 Å². The highest BCUT2D eigenvalue weighted by Gasteiger charge is 2.36. The molecule has 0 spiro atoms. The van der Waals surface area contributed by atoms with Gasteiger partial charge in [0.05, 0.1) is 17.8 Å². The van der Waals surface area contributed by atoms with E-state index in [0.29, 0.717) is 0 Å². The number of hydrogen-bond donors (Lipinski definition) is 1. The van der Waals surface area contributed by atoms with Gasteiger partial charge in [-0.15, -0.1) is 0 Å². The van der Waals surface area contributed by atoms with E-state index in [1.165, 1.54) is 0 Å². The maximum absolute atomic E-state index is 12.3. The molecule has 0 radical (unpaired) electrons. The second-order valence-electron chi connectivity index (χ2n) is 5.05. The molecule has 102 valence electrons. The number of rotatable bonds is 2. The molecule has 1 aliphatic heterocycles.